The number of aromatic nitrogens is 4. The SMILES string of the molecule is COc1ccc(COCCn2nnnc2C(=O)S)cc1. The molecule has 0 radical (unpaired) electrons. The van der Waals surface area contributed by atoms with E-state index in [-0.39, 0.29) is 5.82 Å². The lowest BCUT2D eigenvalue weighted by Gasteiger charge is -2.06. The first-order valence-electron chi connectivity index (χ1n) is 5.91. The number of tetrazole rings is 1. The summed E-state index contributed by atoms with van der Waals surface area (Å²) in [5.41, 5.74) is 1.04. The molecule has 0 aliphatic carbocycles. The molecule has 1 heterocycles. The normalized spacial score (nSPS) is 10.5. The van der Waals surface area contributed by atoms with E-state index < -0.39 is 5.12 Å². The smallest absolute Gasteiger partial charge is 0.255 e. The number of thiol groups is 1. The zero-order valence-electron chi connectivity index (χ0n) is 10.9. The first-order valence-corrected chi connectivity index (χ1v) is 6.35. The molecule has 0 aliphatic heterocycles. The molecule has 7 nitrogen and oxygen atoms in total. The van der Waals surface area contributed by atoms with Crippen LogP contribution in [0.4, 0.5) is 0 Å². The van der Waals surface area contributed by atoms with Crippen LogP contribution >= 0.6 is 12.6 Å². The van der Waals surface area contributed by atoms with Crippen molar-refractivity contribution in [2.45, 2.75) is 13.2 Å². The summed E-state index contributed by atoms with van der Waals surface area (Å²) in [5.74, 6) is 0.917. The standard InChI is InChI=1S/C12H14N4O3S/c1-18-10-4-2-9(3-5-10)8-19-7-6-16-11(12(17)20)13-14-15-16/h2-5H,6-8H2,1H3,(H,17,20). The molecule has 0 amide bonds. The lowest BCUT2D eigenvalue weighted by molar-refractivity contribution is 0.103. The van der Waals surface area contributed by atoms with Crippen LogP contribution in [0.25, 0.3) is 0 Å². The van der Waals surface area contributed by atoms with E-state index in [1.807, 2.05) is 24.3 Å². The summed E-state index contributed by atoms with van der Waals surface area (Å²) in [6, 6.07) is 7.60. The van der Waals surface area contributed by atoms with Gasteiger partial charge in [-0.25, -0.2) is 4.68 Å². The van der Waals surface area contributed by atoms with Crippen molar-refractivity contribution in [1.82, 2.24) is 20.2 Å². The number of carbonyl (C=O) groups excluding carboxylic acids is 1. The van der Waals surface area contributed by atoms with E-state index in [4.69, 9.17) is 9.47 Å². The van der Waals surface area contributed by atoms with Crippen LogP contribution in [0, 0.1) is 0 Å². The molecular weight excluding hydrogens is 280 g/mol. The van der Waals surface area contributed by atoms with Gasteiger partial charge in [0.25, 0.3) is 5.12 Å². The number of carbonyl (C=O) groups is 1. The minimum absolute atomic E-state index is 0.112. The summed E-state index contributed by atoms with van der Waals surface area (Å²) in [5, 5.41) is 10.2. The number of hydrogen-bond donors (Lipinski definition) is 1. The second-order valence-electron chi connectivity index (χ2n) is 3.93. The van der Waals surface area contributed by atoms with Crippen LogP contribution in [-0.2, 0) is 17.9 Å². The van der Waals surface area contributed by atoms with Gasteiger partial charge in [0.2, 0.25) is 5.82 Å². The van der Waals surface area contributed by atoms with Crippen molar-refractivity contribution in [2.75, 3.05) is 13.7 Å². The highest BCUT2D eigenvalue weighted by Gasteiger charge is 2.10. The van der Waals surface area contributed by atoms with E-state index >= 15 is 0 Å². The van der Waals surface area contributed by atoms with E-state index in [0.717, 1.165) is 11.3 Å². The highest BCUT2D eigenvalue weighted by molar-refractivity contribution is 7.97. The molecule has 106 valence electrons. The first kappa shape index (κ1) is 14.5. The Morgan fingerprint density at radius 3 is 2.75 bits per heavy atom. The number of hydrogen-bond acceptors (Lipinski definition) is 6. The molecule has 0 N–H and O–H groups in total. The summed E-state index contributed by atoms with van der Waals surface area (Å²) in [7, 11) is 1.62. The fourth-order valence-corrected chi connectivity index (χ4v) is 1.73. The summed E-state index contributed by atoms with van der Waals surface area (Å²) in [6.45, 7) is 1.26. The largest absolute Gasteiger partial charge is 0.497 e. The average molecular weight is 294 g/mol. The van der Waals surface area contributed by atoms with Gasteiger partial charge in [0.1, 0.15) is 5.75 Å². The van der Waals surface area contributed by atoms with Crippen LogP contribution in [0.3, 0.4) is 0 Å². The van der Waals surface area contributed by atoms with Crippen LogP contribution in [0.5, 0.6) is 5.75 Å². The summed E-state index contributed by atoms with van der Waals surface area (Å²) in [4.78, 5) is 11.1. The molecule has 8 heteroatoms. The molecule has 0 spiro atoms. The predicted molar refractivity (Wildman–Crippen MR) is 73.8 cm³/mol. The maximum atomic E-state index is 11.1. The Kier molecular flexibility index (Phi) is 5.08. The molecule has 1 aromatic heterocycles. The second-order valence-corrected chi connectivity index (χ2v) is 4.34. The van der Waals surface area contributed by atoms with E-state index in [1.54, 1.807) is 7.11 Å². The zero-order valence-corrected chi connectivity index (χ0v) is 11.8. The van der Waals surface area contributed by atoms with Gasteiger partial charge in [0.05, 0.1) is 26.9 Å². The third-order valence-corrected chi connectivity index (χ3v) is 2.80. The molecule has 0 bridgehead atoms. The van der Waals surface area contributed by atoms with Gasteiger partial charge >= 0.3 is 0 Å². The maximum Gasteiger partial charge on any atom is 0.255 e. The molecule has 0 unspecified atom stereocenters. The van der Waals surface area contributed by atoms with Gasteiger partial charge in [-0.1, -0.05) is 24.8 Å². The molecule has 0 saturated carbocycles. The lowest BCUT2D eigenvalue weighted by Crippen LogP contribution is -2.12. The van der Waals surface area contributed by atoms with E-state index in [9.17, 15) is 4.79 Å². The molecule has 0 saturated heterocycles. The van der Waals surface area contributed by atoms with Gasteiger partial charge in [0, 0.05) is 0 Å². The highest BCUT2D eigenvalue weighted by atomic mass is 32.1. The fraction of sp³-hybridized carbons (Fsp3) is 0.333. The first-order chi connectivity index (χ1) is 9.70. The maximum absolute atomic E-state index is 11.1. The monoisotopic (exact) mass is 294 g/mol. The van der Waals surface area contributed by atoms with Crippen LogP contribution in [0.1, 0.15) is 16.2 Å². The quantitative estimate of drug-likeness (QED) is 0.605. The molecular formula is C12H14N4O3S. The summed E-state index contributed by atoms with van der Waals surface area (Å²) in [6.07, 6.45) is 0. The Morgan fingerprint density at radius 1 is 1.35 bits per heavy atom. The van der Waals surface area contributed by atoms with Crippen molar-refractivity contribution >= 4 is 17.7 Å². The summed E-state index contributed by atoms with van der Waals surface area (Å²) < 4.78 is 11.9. The van der Waals surface area contributed by atoms with Crippen LogP contribution < -0.4 is 4.74 Å². The van der Waals surface area contributed by atoms with Crippen LogP contribution in [-0.4, -0.2) is 39.0 Å². The van der Waals surface area contributed by atoms with Crippen molar-refractivity contribution in [3.05, 3.63) is 35.7 Å². The Bertz CT molecular complexity index is 570. The minimum Gasteiger partial charge on any atom is -0.497 e. The summed E-state index contributed by atoms with van der Waals surface area (Å²) >= 11 is 3.69. The third kappa shape index (κ3) is 3.78. The van der Waals surface area contributed by atoms with Crippen molar-refractivity contribution in [3.63, 3.8) is 0 Å². The molecule has 2 aromatic rings. The van der Waals surface area contributed by atoms with Crippen molar-refractivity contribution in [2.24, 2.45) is 0 Å². The minimum atomic E-state index is -0.467. The molecule has 0 atom stereocenters. The average Bonchev–Trinajstić information content (AvgIpc) is 2.93. The Labute approximate surface area is 121 Å². The van der Waals surface area contributed by atoms with Gasteiger partial charge in [-0.05, 0) is 28.1 Å². The Balaban J connectivity index is 1.78. The molecule has 0 aliphatic rings. The van der Waals surface area contributed by atoms with Crippen molar-refractivity contribution in [1.29, 1.82) is 0 Å². The highest BCUT2D eigenvalue weighted by Crippen LogP contribution is 2.11. The Hall–Kier alpha value is -1.93. The molecule has 20 heavy (non-hydrogen) atoms. The predicted octanol–water partition coefficient (Wildman–Crippen LogP) is 0.968. The van der Waals surface area contributed by atoms with Gasteiger partial charge in [0.15, 0.2) is 0 Å². The van der Waals surface area contributed by atoms with Crippen molar-refractivity contribution < 1.29 is 14.3 Å². The molecule has 0 fully saturated rings. The van der Waals surface area contributed by atoms with Gasteiger partial charge in [-0.15, -0.1) is 5.10 Å². The van der Waals surface area contributed by atoms with E-state index in [0.29, 0.717) is 19.8 Å². The lowest BCUT2D eigenvalue weighted by atomic mass is 10.2. The van der Waals surface area contributed by atoms with Gasteiger partial charge in [-0.3, -0.25) is 4.79 Å². The van der Waals surface area contributed by atoms with Gasteiger partial charge < -0.3 is 9.47 Å². The van der Waals surface area contributed by atoms with Crippen LogP contribution in [0.2, 0.25) is 0 Å². The topological polar surface area (TPSA) is 79.1 Å². The number of benzene rings is 1. The van der Waals surface area contributed by atoms with Crippen LogP contribution in [0.15, 0.2) is 24.3 Å². The fourth-order valence-electron chi connectivity index (χ4n) is 1.57. The number of nitrogens with zero attached hydrogens (tertiary/aromatic N) is 4. The van der Waals surface area contributed by atoms with E-state index in [2.05, 4.69) is 28.2 Å². The molecule has 2 rings (SSSR count). The second kappa shape index (κ2) is 7.01. The Morgan fingerprint density at radius 2 is 2.10 bits per heavy atom. The third-order valence-electron chi connectivity index (χ3n) is 2.60. The zero-order chi connectivity index (χ0) is 14.4. The van der Waals surface area contributed by atoms with Gasteiger partial charge in [-0.2, -0.15) is 0 Å². The van der Waals surface area contributed by atoms with E-state index in [1.165, 1.54) is 4.68 Å². The number of methoxy groups -OCH3 is 1. The molecule has 1 aromatic carbocycles. The number of rotatable bonds is 7. The number of ether oxygens (including phenoxy) is 2. The van der Waals surface area contributed by atoms with Crippen molar-refractivity contribution in [3.8, 4) is 5.75 Å².